The van der Waals surface area contributed by atoms with Gasteiger partial charge in [0, 0.05) is 45.3 Å². The van der Waals surface area contributed by atoms with Crippen molar-refractivity contribution < 1.29 is 9.59 Å². The smallest absolute Gasteiger partial charge is 0.274 e. The number of amides is 2. The first-order chi connectivity index (χ1) is 13.0. The third-order valence-corrected chi connectivity index (χ3v) is 4.78. The van der Waals surface area contributed by atoms with Gasteiger partial charge >= 0.3 is 0 Å². The number of hydrogen-bond donors (Lipinski definition) is 0. The van der Waals surface area contributed by atoms with E-state index in [9.17, 15) is 9.59 Å². The molecule has 2 aromatic rings. The fourth-order valence-corrected chi connectivity index (χ4v) is 3.23. The molecule has 0 bridgehead atoms. The SMILES string of the molecule is CCN(c1cccc(C)c1)c1cnc(C(=O)N2CCN(C(C)=O)CC2)cn1. The highest BCUT2D eigenvalue weighted by molar-refractivity contribution is 5.92. The number of aryl methyl sites for hydroxylation is 1. The first-order valence-electron chi connectivity index (χ1n) is 9.20. The van der Waals surface area contributed by atoms with Crippen molar-refractivity contribution in [2.24, 2.45) is 0 Å². The maximum atomic E-state index is 12.6. The summed E-state index contributed by atoms with van der Waals surface area (Å²) in [5.74, 6) is 0.610. The van der Waals surface area contributed by atoms with Gasteiger partial charge in [-0.15, -0.1) is 0 Å². The van der Waals surface area contributed by atoms with Crippen molar-refractivity contribution in [2.45, 2.75) is 20.8 Å². The Morgan fingerprint density at radius 2 is 1.78 bits per heavy atom. The van der Waals surface area contributed by atoms with E-state index in [1.54, 1.807) is 22.9 Å². The molecule has 0 unspecified atom stereocenters. The van der Waals surface area contributed by atoms with Crippen LogP contribution < -0.4 is 4.90 Å². The third-order valence-electron chi connectivity index (χ3n) is 4.78. The molecular weight excluding hydrogens is 342 g/mol. The Morgan fingerprint density at radius 3 is 2.33 bits per heavy atom. The summed E-state index contributed by atoms with van der Waals surface area (Å²) in [6.45, 7) is 8.56. The minimum Gasteiger partial charge on any atom is -0.339 e. The van der Waals surface area contributed by atoms with Crippen LogP contribution in [0, 0.1) is 6.92 Å². The molecule has 1 fully saturated rings. The molecule has 0 N–H and O–H groups in total. The fourth-order valence-electron chi connectivity index (χ4n) is 3.23. The van der Waals surface area contributed by atoms with Crippen molar-refractivity contribution in [1.29, 1.82) is 0 Å². The van der Waals surface area contributed by atoms with Gasteiger partial charge in [-0.05, 0) is 31.5 Å². The van der Waals surface area contributed by atoms with Crippen molar-refractivity contribution in [3.05, 3.63) is 47.9 Å². The Balaban J connectivity index is 1.71. The molecule has 1 aliphatic rings. The van der Waals surface area contributed by atoms with Crippen molar-refractivity contribution in [2.75, 3.05) is 37.6 Å². The Bertz CT molecular complexity index is 813. The van der Waals surface area contributed by atoms with Crippen LogP contribution in [-0.4, -0.2) is 64.3 Å². The zero-order valence-corrected chi connectivity index (χ0v) is 16.1. The second-order valence-corrected chi connectivity index (χ2v) is 6.64. The Kier molecular flexibility index (Phi) is 5.69. The monoisotopic (exact) mass is 367 g/mol. The molecule has 0 saturated carbocycles. The van der Waals surface area contributed by atoms with Crippen LogP contribution in [0.25, 0.3) is 0 Å². The number of aromatic nitrogens is 2. The average Bonchev–Trinajstić information content (AvgIpc) is 2.69. The lowest BCUT2D eigenvalue weighted by atomic mass is 10.2. The number of benzene rings is 1. The van der Waals surface area contributed by atoms with Crippen LogP contribution in [0.2, 0.25) is 0 Å². The van der Waals surface area contributed by atoms with Crippen LogP contribution in [0.4, 0.5) is 11.5 Å². The third kappa shape index (κ3) is 4.24. The summed E-state index contributed by atoms with van der Waals surface area (Å²) in [6.07, 6.45) is 3.18. The number of nitrogens with zero attached hydrogens (tertiary/aromatic N) is 5. The van der Waals surface area contributed by atoms with Crippen LogP contribution >= 0.6 is 0 Å². The summed E-state index contributed by atoms with van der Waals surface area (Å²) >= 11 is 0. The van der Waals surface area contributed by atoms with E-state index in [0.717, 1.165) is 12.2 Å². The summed E-state index contributed by atoms with van der Waals surface area (Å²) in [4.78, 5) is 38.4. The van der Waals surface area contributed by atoms with Crippen molar-refractivity contribution in [3.63, 3.8) is 0 Å². The number of piperazine rings is 1. The molecule has 0 atom stereocenters. The van der Waals surface area contributed by atoms with Gasteiger partial charge in [-0.3, -0.25) is 9.59 Å². The molecule has 3 rings (SSSR count). The number of carbonyl (C=O) groups is 2. The number of carbonyl (C=O) groups excluding carboxylic acids is 2. The van der Waals surface area contributed by atoms with Gasteiger partial charge in [0.2, 0.25) is 5.91 Å². The van der Waals surface area contributed by atoms with Crippen LogP contribution in [0.3, 0.4) is 0 Å². The van der Waals surface area contributed by atoms with Crippen LogP contribution in [0.15, 0.2) is 36.7 Å². The lowest BCUT2D eigenvalue weighted by Gasteiger charge is -2.34. The molecule has 1 saturated heterocycles. The highest BCUT2D eigenvalue weighted by Gasteiger charge is 2.24. The summed E-state index contributed by atoms with van der Waals surface area (Å²) in [5, 5.41) is 0. The van der Waals surface area contributed by atoms with Crippen molar-refractivity contribution in [1.82, 2.24) is 19.8 Å². The Hall–Kier alpha value is -2.96. The minimum absolute atomic E-state index is 0.0436. The largest absolute Gasteiger partial charge is 0.339 e. The zero-order chi connectivity index (χ0) is 19.4. The standard InChI is InChI=1S/C20H25N5O2/c1-4-25(17-7-5-6-15(2)12-17)19-14-21-18(13-22-19)20(27)24-10-8-23(9-11-24)16(3)26/h5-7,12-14H,4,8-11H2,1-3H3. The molecule has 142 valence electrons. The van der Waals surface area contributed by atoms with Gasteiger partial charge in [-0.2, -0.15) is 0 Å². The number of hydrogen-bond acceptors (Lipinski definition) is 5. The quantitative estimate of drug-likeness (QED) is 0.829. The molecule has 0 spiro atoms. The molecule has 7 heteroatoms. The summed E-state index contributed by atoms with van der Waals surface area (Å²) in [6, 6.07) is 8.19. The summed E-state index contributed by atoms with van der Waals surface area (Å²) in [7, 11) is 0. The van der Waals surface area contributed by atoms with Crippen molar-refractivity contribution in [3.8, 4) is 0 Å². The fraction of sp³-hybridized carbons (Fsp3) is 0.400. The Morgan fingerprint density at radius 1 is 1.07 bits per heavy atom. The van der Waals surface area contributed by atoms with Gasteiger partial charge in [0.1, 0.15) is 5.69 Å². The molecule has 0 radical (unpaired) electrons. The Labute approximate surface area is 159 Å². The average molecular weight is 367 g/mol. The highest BCUT2D eigenvalue weighted by atomic mass is 16.2. The first kappa shape index (κ1) is 18.8. The van der Waals surface area contributed by atoms with Gasteiger partial charge < -0.3 is 14.7 Å². The van der Waals surface area contributed by atoms with Gasteiger partial charge in [-0.1, -0.05) is 12.1 Å². The molecule has 1 aromatic carbocycles. The van der Waals surface area contributed by atoms with E-state index in [1.807, 2.05) is 12.1 Å². The van der Waals surface area contributed by atoms with Gasteiger partial charge in [0.15, 0.2) is 5.82 Å². The van der Waals surface area contributed by atoms with Gasteiger partial charge in [-0.25, -0.2) is 9.97 Å². The highest BCUT2D eigenvalue weighted by Crippen LogP contribution is 2.23. The predicted octanol–water partition coefficient (Wildman–Crippen LogP) is 2.25. The lowest BCUT2D eigenvalue weighted by Crippen LogP contribution is -2.50. The van der Waals surface area contributed by atoms with Crippen LogP contribution in [-0.2, 0) is 4.79 Å². The number of rotatable bonds is 4. The first-order valence-corrected chi connectivity index (χ1v) is 9.20. The van der Waals surface area contributed by atoms with E-state index < -0.39 is 0 Å². The molecule has 1 aromatic heterocycles. The lowest BCUT2D eigenvalue weighted by molar-refractivity contribution is -0.130. The van der Waals surface area contributed by atoms with E-state index in [4.69, 9.17) is 0 Å². The summed E-state index contributed by atoms with van der Waals surface area (Å²) < 4.78 is 0. The second-order valence-electron chi connectivity index (χ2n) is 6.64. The van der Waals surface area contributed by atoms with E-state index >= 15 is 0 Å². The second kappa shape index (κ2) is 8.16. The molecule has 27 heavy (non-hydrogen) atoms. The molecule has 1 aliphatic heterocycles. The van der Waals surface area contributed by atoms with Gasteiger partial charge in [0.05, 0.1) is 12.4 Å². The molecule has 2 amide bonds. The van der Waals surface area contributed by atoms with E-state index in [-0.39, 0.29) is 11.8 Å². The maximum absolute atomic E-state index is 12.6. The van der Waals surface area contributed by atoms with Gasteiger partial charge in [0.25, 0.3) is 5.91 Å². The maximum Gasteiger partial charge on any atom is 0.274 e. The van der Waals surface area contributed by atoms with E-state index in [1.165, 1.54) is 11.8 Å². The van der Waals surface area contributed by atoms with Crippen LogP contribution in [0.5, 0.6) is 0 Å². The predicted molar refractivity (Wildman–Crippen MR) is 104 cm³/mol. The van der Waals surface area contributed by atoms with Crippen LogP contribution in [0.1, 0.15) is 29.9 Å². The molecule has 0 aliphatic carbocycles. The zero-order valence-electron chi connectivity index (χ0n) is 16.1. The number of anilines is 2. The molecular formula is C20H25N5O2. The minimum atomic E-state index is -0.143. The van der Waals surface area contributed by atoms with E-state index in [0.29, 0.717) is 37.7 Å². The molecule has 2 heterocycles. The topological polar surface area (TPSA) is 69.6 Å². The normalized spacial score (nSPS) is 14.2. The van der Waals surface area contributed by atoms with Crippen molar-refractivity contribution >= 4 is 23.3 Å². The molecule has 7 nitrogen and oxygen atoms in total. The summed E-state index contributed by atoms with van der Waals surface area (Å²) in [5.41, 5.74) is 2.55. The van der Waals surface area contributed by atoms with E-state index in [2.05, 4.69) is 40.8 Å².